The zero-order valence-corrected chi connectivity index (χ0v) is 45.8. The highest BCUT2D eigenvalue weighted by molar-refractivity contribution is 5.55. The molecule has 4 aromatic carbocycles. The Kier molecular flexibility index (Phi) is 15.0. The predicted molar refractivity (Wildman–Crippen MR) is 249 cm³/mol. The van der Waals surface area contributed by atoms with Crippen molar-refractivity contribution < 1.29 is 182 Å². The first-order chi connectivity index (χ1) is 43.6. The fraction of sp³-hybridized carbons (Fsp3) is 0.429. The van der Waals surface area contributed by atoms with Crippen LogP contribution in [0.25, 0.3) is 0 Å². The van der Waals surface area contributed by atoms with E-state index in [9.17, 15) is 52.7 Å². The lowest BCUT2D eigenvalue weighted by molar-refractivity contribution is -0.532. The summed E-state index contributed by atoms with van der Waals surface area (Å²) in [6.45, 7) is 0. The molecule has 4 fully saturated rings. The van der Waals surface area contributed by atoms with Crippen molar-refractivity contribution in [2.24, 2.45) is 0 Å². The van der Waals surface area contributed by atoms with Crippen LogP contribution in [0.5, 0.6) is 23.0 Å². The molecule has 0 bridgehead atoms. The Morgan fingerprint density at radius 3 is 0.742 bits per heavy atom. The summed E-state index contributed by atoms with van der Waals surface area (Å²) in [6, 6.07) is -4.28. The first-order valence-electron chi connectivity index (χ1n) is 26.0. The third kappa shape index (κ3) is 8.41. The fourth-order valence-corrected chi connectivity index (χ4v) is 12.1. The van der Waals surface area contributed by atoms with Crippen molar-refractivity contribution in [2.75, 3.05) is 0 Å². The number of halogens is 36. The summed E-state index contributed by atoms with van der Waals surface area (Å²) >= 11 is 0. The van der Waals surface area contributed by atoms with Crippen molar-refractivity contribution in [3.63, 3.8) is 0 Å². The summed E-state index contributed by atoms with van der Waals surface area (Å²) in [5.41, 5.74) is -57.5. The molecule has 10 atom stereocenters. The average molecular weight is 1460 g/mol. The normalized spacial score (nSPS) is 36.3. The van der Waals surface area contributed by atoms with Crippen LogP contribution in [0.3, 0.4) is 0 Å². The molecule has 0 aromatic heterocycles. The van der Waals surface area contributed by atoms with Crippen LogP contribution < -0.4 is 18.9 Å². The maximum Gasteiger partial charge on any atom is 0.416 e. The summed E-state index contributed by atoms with van der Waals surface area (Å²) in [5, 5.41) is 0. The molecule has 0 N–H and O–H groups in total. The topological polar surface area (TPSA) is 46.2 Å². The van der Waals surface area contributed by atoms with Gasteiger partial charge in [0.25, 0.3) is 22.7 Å². The van der Waals surface area contributed by atoms with Gasteiger partial charge in [0.05, 0.1) is 22.3 Å². The number of ether oxygens (including phenoxy) is 5. The molecule has 0 saturated heterocycles. The second kappa shape index (κ2) is 20.1. The molecule has 6 aliphatic carbocycles. The molecule has 0 amide bonds. The zero-order chi connectivity index (χ0) is 73.3. The zero-order valence-electron chi connectivity index (χ0n) is 45.8. The summed E-state index contributed by atoms with van der Waals surface area (Å²) in [5.74, 6) is -96.4. The molecular formula is C56H26F36O5. The van der Waals surface area contributed by atoms with Gasteiger partial charge in [0.15, 0.2) is 0 Å². The predicted octanol–water partition coefficient (Wildman–Crippen LogP) is 19.3. The standard InChI is InChI=1S/C56H26F36O5/c57-37(45(73,74)49(81,82)53(37,89)93-31-13-1-7-25(19-31)39(59,60)61)29-11-5-17-35(23-29,43(71)47(77,78)51(85,86)55(43,91)95-33-15-3-9-27(21-33)41(65,66)67)97-36(44(72)48(79,80)52(87,88)56(44,92)96-34-16-4-10-28(22-34)42(68,69)70)18-6-12-30(24-36)38(58)46(75,76)50(83,84)54(38,90)94-32-14-2-8-26(20-32)40(62,63)64/h1-22H,23-24H2. The minimum atomic E-state index is -7.77. The van der Waals surface area contributed by atoms with Crippen molar-refractivity contribution in [2.45, 2.75) is 142 Å². The number of rotatable bonds is 14. The maximum atomic E-state index is 19.1. The average Bonchev–Trinajstić information content (AvgIpc) is 0.633. The van der Waals surface area contributed by atoms with E-state index in [1.54, 1.807) is 0 Å². The maximum absolute atomic E-state index is 19.1. The second-order valence-corrected chi connectivity index (χ2v) is 22.5. The monoisotopic (exact) mass is 1460 g/mol. The highest BCUT2D eigenvalue weighted by Crippen LogP contribution is 2.81. The highest BCUT2D eigenvalue weighted by Gasteiger charge is 3.09. The second-order valence-electron chi connectivity index (χ2n) is 22.5. The minimum absolute atomic E-state index is 0.0232. The Labute approximate surface area is 513 Å². The number of allylic oxidation sites excluding steroid dienone is 4. The Bertz CT molecular complexity index is 3730. The lowest BCUT2D eigenvalue weighted by Gasteiger charge is -2.68. The smallest absolute Gasteiger partial charge is 0.416 e. The third-order valence-corrected chi connectivity index (χ3v) is 17.0. The molecule has 6 aliphatic rings. The molecule has 0 radical (unpaired) electrons. The van der Waals surface area contributed by atoms with E-state index in [1.165, 1.54) is 0 Å². The van der Waals surface area contributed by atoms with Gasteiger partial charge in [-0.1, -0.05) is 48.6 Å². The highest BCUT2D eigenvalue weighted by atomic mass is 19.4. The Morgan fingerprint density at radius 2 is 0.505 bits per heavy atom. The molecular weight excluding hydrogens is 1440 g/mol. The van der Waals surface area contributed by atoms with Crippen LogP contribution in [-0.4, -0.2) is 105 Å². The largest absolute Gasteiger partial charge is 0.449 e. The van der Waals surface area contributed by atoms with E-state index in [1.807, 2.05) is 0 Å². The molecule has 10 rings (SSSR count). The van der Waals surface area contributed by atoms with Gasteiger partial charge in [-0.2, -0.15) is 140 Å². The molecule has 4 aromatic rings. The van der Waals surface area contributed by atoms with Crippen molar-refractivity contribution in [3.05, 3.63) is 167 Å². The van der Waals surface area contributed by atoms with E-state index in [-0.39, 0.29) is 72.8 Å². The molecule has 4 saturated carbocycles. The van der Waals surface area contributed by atoms with Gasteiger partial charge in [-0.15, -0.1) is 0 Å². The van der Waals surface area contributed by atoms with Crippen molar-refractivity contribution >= 4 is 0 Å². The van der Waals surface area contributed by atoms with Crippen LogP contribution in [0.1, 0.15) is 35.1 Å². The SMILES string of the molecule is FC(F)(F)c1cccc(OC2(F)C(F)(F)C(F)(F)C2(F)C2=CC=CC(OC3(C4(F)C(F)(F)C(F)(F)C4(F)Oc4cccc(C(F)(F)F)c4)C=CC=C(C4(F)C(F)(F)C(F)(F)C4(F)Oc4cccc(C(F)(F)F)c4)C3)(C3(F)C(F)(F)C(F)(F)C3(F)Oc3cccc(C(F)(F)F)c3)C2)c1. The van der Waals surface area contributed by atoms with Crippen LogP contribution >= 0.6 is 0 Å². The van der Waals surface area contributed by atoms with Crippen LogP contribution in [0.15, 0.2) is 145 Å². The van der Waals surface area contributed by atoms with Crippen LogP contribution in [0, 0.1) is 0 Å². The van der Waals surface area contributed by atoms with Crippen LogP contribution in [0.4, 0.5) is 158 Å². The molecule has 0 heterocycles. The van der Waals surface area contributed by atoms with E-state index in [0.717, 1.165) is 0 Å². The van der Waals surface area contributed by atoms with E-state index < -0.39 is 259 Å². The van der Waals surface area contributed by atoms with Crippen LogP contribution in [-0.2, 0) is 29.4 Å². The lowest BCUT2D eigenvalue weighted by Crippen LogP contribution is -2.97. The summed E-state index contributed by atoms with van der Waals surface area (Å²) < 4.78 is 592. The molecule has 532 valence electrons. The van der Waals surface area contributed by atoms with Gasteiger partial charge in [0.2, 0.25) is 0 Å². The number of hydrogen-bond donors (Lipinski definition) is 0. The minimum Gasteiger partial charge on any atom is -0.449 e. The fourth-order valence-electron chi connectivity index (χ4n) is 12.1. The van der Waals surface area contributed by atoms with Gasteiger partial charge in [-0.05, 0) is 96.1 Å². The first kappa shape index (κ1) is 72.2. The number of hydrogen-bond acceptors (Lipinski definition) is 5. The van der Waals surface area contributed by atoms with Gasteiger partial charge in [-0.3, -0.25) is 0 Å². The van der Waals surface area contributed by atoms with Gasteiger partial charge in [0, 0.05) is 12.8 Å². The third-order valence-electron chi connectivity index (χ3n) is 17.0. The summed E-state index contributed by atoms with van der Waals surface area (Å²) in [4.78, 5) is 0. The lowest BCUT2D eigenvalue weighted by atomic mass is 9.52. The molecule has 5 nitrogen and oxygen atoms in total. The molecule has 0 aliphatic heterocycles. The van der Waals surface area contributed by atoms with E-state index in [2.05, 4.69) is 18.9 Å². The van der Waals surface area contributed by atoms with Crippen LogP contribution in [0.2, 0.25) is 0 Å². The molecule has 41 heteroatoms. The number of benzene rings is 4. The first-order valence-corrected chi connectivity index (χ1v) is 26.0. The van der Waals surface area contributed by atoms with Crippen molar-refractivity contribution in [3.8, 4) is 23.0 Å². The van der Waals surface area contributed by atoms with Gasteiger partial charge < -0.3 is 23.7 Å². The molecule has 0 spiro atoms. The van der Waals surface area contributed by atoms with Gasteiger partial charge in [-0.25, -0.2) is 17.6 Å². The number of alkyl halides is 36. The Morgan fingerprint density at radius 1 is 0.278 bits per heavy atom. The van der Waals surface area contributed by atoms with Gasteiger partial charge >= 0.3 is 95.5 Å². The Hall–Kier alpha value is -7.52. The van der Waals surface area contributed by atoms with E-state index >= 15 is 105 Å². The van der Waals surface area contributed by atoms with Crippen molar-refractivity contribution in [1.82, 2.24) is 0 Å². The van der Waals surface area contributed by atoms with E-state index in [0.29, 0.717) is 0 Å². The van der Waals surface area contributed by atoms with Crippen molar-refractivity contribution in [1.29, 1.82) is 0 Å². The summed E-state index contributed by atoms with van der Waals surface area (Å²) in [6.07, 6.45) is -37.5. The molecule has 10 unspecified atom stereocenters. The Balaban J connectivity index is 1.27. The van der Waals surface area contributed by atoms with E-state index in [4.69, 9.17) is 4.74 Å². The summed E-state index contributed by atoms with van der Waals surface area (Å²) in [7, 11) is 0. The molecule has 97 heavy (non-hydrogen) atoms. The van der Waals surface area contributed by atoms with Gasteiger partial charge in [0.1, 0.15) is 34.2 Å². The quantitative estimate of drug-likeness (QED) is 0.118.